The van der Waals surface area contributed by atoms with Gasteiger partial charge in [0.25, 0.3) is 5.56 Å². The fraction of sp³-hybridized carbons (Fsp3) is 0.417. The van der Waals surface area contributed by atoms with Crippen LogP contribution in [-0.2, 0) is 6.54 Å². The SMILES string of the molecule is CCCCn1c2nc(Cl)cc(C)c2c(=O)n1C(=O)O. The maximum absolute atomic E-state index is 12.2. The number of aryl methyl sites for hydroxylation is 2. The highest BCUT2D eigenvalue weighted by molar-refractivity contribution is 6.29. The average Bonchev–Trinajstić information content (AvgIpc) is 2.59. The van der Waals surface area contributed by atoms with E-state index in [-0.39, 0.29) is 5.15 Å². The monoisotopic (exact) mass is 283 g/mol. The van der Waals surface area contributed by atoms with Crippen molar-refractivity contribution in [2.24, 2.45) is 0 Å². The second kappa shape index (κ2) is 5.05. The summed E-state index contributed by atoms with van der Waals surface area (Å²) in [4.78, 5) is 27.5. The molecule has 0 atom stereocenters. The Balaban J connectivity index is 2.84. The molecule has 0 bridgehead atoms. The summed E-state index contributed by atoms with van der Waals surface area (Å²) < 4.78 is 2.08. The molecular formula is C12H14ClN3O3. The zero-order valence-corrected chi connectivity index (χ0v) is 11.4. The Bertz CT molecular complexity index is 702. The molecule has 0 aromatic carbocycles. The van der Waals surface area contributed by atoms with Gasteiger partial charge in [0.1, 0.15) is 5.15 Å². The van der Waals surface area contributed by atoms with Gasteiger partial charge in [-0.1, -0.05) is 24.9 Å². The molecule has 7 heteroatoms. The Morgan fingerprint density at radius 2 is 2.21 bits per heavy atom. The minimum absolute atomic E-state index is 0.248. The summed E-state index contributed by atoms with van der Waals surface area (Å²) in [6.45, 7) is 4.11. The quantitative estimate of drug-likeness (QED) is 0.878. The van der Waals surface area contributed by atoms with E-state index in [4.69, 9.17) is 11.6 Å². The van der Waals surface area contributed by atoms with Crippen molar-refractivity contribution in [1.82, 2.24) is 14.3 Å². The molecule has 0 spiro atoms. The fourth-order valence-electron chi connectivity index (χ4n) is 2.08. The third kappa shape index (κ3) is 2.23. The maximum atomic E-state index is 12.2. The normalized spacial score (nSPS) is 11.1. The van der Waals surface area contributed by atoms with Crippen LogP contribution in [0, 0.1) is 6.92 Å². The Morgan fingerprint density at radius 3 is 2.79 bits per heavy atom. The van der Waals surface area contributed by atoms with E-state index in [0.29, 0.717) is 27.8 Å². The number of rotatable bonds is 3. The number of carbonyl (C=O) groups is 1. The highest BCUT2D eigenvalue weighted by Crippen LogP contribution is 2.18. The third-order valence-electron chi connectivity index (χ3n) is 2.96. The van der Waals surface area contributed by atoms with E-state index in [1.807, 2.05) is 6.92 Å². The first-order valence-electron chi connectivity index (χ1n) is 5.99. The van der Waals surface area contributed by atoms with Gasteiger partial charge in [0.15, 0.2) is 5.65 Å². The Kier molecular flexibility index (Phi) is 3.61. The van der Waals surface area contributed by atoms with Gasteiger partial charge in [0, 0.05) is 6.54 Å². The Hall–Kier alpha value is -1.82. The molecule has 2 aromatic rings. The van der Waals surface area contributed by atoms with Crippen molar-refractivity contribution in [3.63, 3.8) is 0 Å². The summed E-state index contributed by atoms with van der Waals surface area (Å²) in [7, 11) is 0. The lowest BCUT2D eigenvalue weighted by Crippen LogP contribution is -2.29. The minimum Gasteiger partial charge on any atom is -0.463 e. The number of aromatic nitrogens is 3. The number of unbranched alkanes of at least 4 members (excludes halogenated alkanes) is 1. The Labute approximate surface area is 114 Å². The van der Waals surface area contributed by atoms with Crippen LogP contribution < -0.4 is 5.56 Å². The van der Waals surface area contributed by atoms with Crippen molar-refractivity contribution in [2.75, 3.05) is 0 Å². The number of nitrogens with zero attached hydrogens (tertiary/aromatic N) is 3. The van der Waals surface area contributed by atoms with Gasteiger partial charge in [-0.3, -0.25) is 9.48 Å². The predicted molar refractivity (Wildman–Crippen MR) is 72.1 cm³/mol. The zero-order valence-electron chi connectivity index (χ0n) is 10.7. The van der Waals surface area contributed by atoms with E-state index < -0.39 is 11.7 Å². The lowest BCUT2D eigenvalue weighted by Gasteiger charge is -2.07. The van der Waals surface area contributed by atoms with E-state index in [0.717, 1.165) is 12.8 Å². The lowest BCUT2D eigenvalue weighted by atomic mass is 10.2. The molecule has 1 N–H and O–H groups in total. The van der Waals surface area contributed by atoms with Gasteiger partial charge in [0.2, 0.25) is 0 Å². The standard InChI is InChI=1S/C12H14ClN3O3/c1-3-4-5-15-10-9(7(2)6-8(13)14-10)11(17)16(15)12(18)19/h6H,3-5H2,1-2H3,(H,18,19). The van der Waals surface area contributed by atoms with Gasteiger partial charge in [-0.25, -0.2) is 9.78 Å². The van der Waals surface area contributed by atoms with Crippen LogP contribution in [0.4, 0.5) is 4.79 Å². The van der Waals surface area contributed by atoms with E-state index in [1.165, 1.54) is 4.68 Å². The minimum atomic E-state index is -1.31. The van der Waals surface area contributed by atoms with Gasteiger partial charge in [-0.15, -0.1) is 4.68 Å². The van der Waals surface area contributed by atoms with Gasteiger partial charge in [-0.2, -0.15) is 0 Å². The van der Waals surface area contributed by atoms with E-state index in [9.17, 15) is 14.7 Å². The smallest absolute Gasteiger partial charge is 0.434 e. The zero-order chi connectivity index (χ0) is 14.2. The summed E-state index contributed by atoms with van der Waals surface area (Å²) in [5, 5.41) is 9.74. The molecule has 0 fully saturated rings. The van der Waals surface area contributed by atoms with Crippen LogP contribution in [0.1, 0.15) is 25.3 Å². The molecule has 6 nitrogen and oxygen atoms in total. The van der Waals surface area contributed by atoms with Crippen molar-refractivity contribution in [2.45, 2.75) is 33.2 Å². The molecule has 0 amide bonds. The number of pyridine rings is 1. The number of hydrogen-bond donors (Lipinski definition) is 1. The molecular weight excluding hydrogens is 270 g/mol. The summed E-state index contributed by atoms with van der Waals surface area (Å²) in [6, 6.07) is 1.56. The first kappa shape index (κ1) is 13.6. The summed E-state index contributed by atoms with van der Waals surface area (Å²) >= 11 is 5.89. The van der Waals surface area contributed by atoms with Crippen molar-refractivity contribution in [1.29, 1.82) is 0 Å². The van der Waals surface area contributed by atoms with Gasteiger partial charge in [-0.05, 0) is 25.0 Å². The molecule has 2 rings (SSSR count). The number of fused-ring (bicyclic) bond motifs is 1. The van der Waals surface area contributed by atoms with Crippen molar-refractivity contribution in [3.8, 4) is 0 Å². The van der Waals surface area contributed by atoms with Crippen LogP contribution in [0.2, 0.25) is 5.15 Å². The third-order valence-corrected chi connectivity index (χ3v) is 3.16. The fourth-order valence-corrected chi connectivity index (χ4v) is 2.33. The molecule has 102 valence electrons. The number of halogens is 1. The molecule has 0 unspecified atom stereocenters. The summed E-state index contributed by atoms with van der Waals surface area (Å²) in [5.41, 5.74) is 0.386. The highest BCUT2D eigenvalue weighted by atomic mass is 35.5. The molecule has 0 saturated carbocycles. The average molecular weight is 284 g/mol. The van der Waals surface area contributed by atoms with Crippen LogP contribution >= 0.6 is 11.6 Å². The summed E-state index contributed by atoms with van der Waals surface area (Å²) in [6.07, 6.45) is 0.325. The lowest BCUT2D eigenvalue weighted by molar-refractivity contribution is 0.186. The second-order valence-corrected chi connectivity index (χ2v) is 4.72. The molecule has 2 heterocycles. The first-order valence-corrected chi connectivity index (χ1v) is 6.37. The molecule has 0 aliphatic carbocycles. The second-order valence-electron chi connectivity index (χ2n) is 4.34. The van der Waals surface area contributed by atoms with Crippen molar-refractivity contribution < 1.29 is 9.90 Å². The van der Waals surface area contributed by atoms with Crippen LogP contribution in [0.15, 0.2) is 10.9 Å². The topological polar surface area (TPSA) is 77.1 Å². The maximum Gasteiger partial charge on any atom is 0.434 e. The van der Waals surface area contributed by atoms with Crippen molar-refractivity contribution >= 4 is 28.7 Å². The van der Waals surface area contributed by atoms with Crippen molar-refractivity contribution in [3.05, 3.63) is 27.1 Å². The van der Waals surface area contributed by atoms with E-state index >= 15 is 0 Å². The van der Waals surface area contributed by atoms with Crippen LogP contribution in [0.25, 0.3) is 11.0 Å². The molecule has 0 aliphatic heterocycles. The predicted octanol–water partition coefficient (Wildman–Crippen LogP) is 2.49. The summed E-state index contributed by atoms with van der Waals surface area (Å²) in [5.74, 6) is 0. The molecule has 19 heavy (non-hydrogen) atoms. The van der Waals surface area contributed by atoms with E-state index in [2.05, 4.69) is 4.98 Å². The van der Waals surface area contributed by atoms with Crippen LogP contribution in [-0.4, -0.2) is 25.5 Å². The molecule has 0 radical (unpaired) electrons. The van der Waals surface area contributed by atoms with Gasteiger partial charge >= 0.3 is 6.09 Å². The molecule has 2 aromatic heterocycles. The number of carboxylic acid groups (broad SMARTS) is 1. The van der Waals surface area contributed by atoms with Gasteiger partial charge < -0.3 is 5.11 Å². The van der Waals surface area contributed by atoms with Crippen LogP contribution in [0.5, 0.6) is 0 Å². The van der Waals surface area contributed by atoms with E-state index in [1.54, 1.807) is 13.0 Å². The van der Waals surface area contributed by atoms with Crippen LogP contribution in [0.3, 0.4) is 0 Å². The van der Waals surface area contributed by atoms with Gasteiger partial charge in [0.05, 0.1) is 5.39 Å². The first-order chi connectivity index (χ1) is 8.97. The molecule has 0 saturated heterocycles. The largest absolute Gasteiger partial charge is 0.463 e. The molecule has 0 aliphatic rings. The highest BCUT2D eigenvalue weighted by Gasteiger charge is 2.20. The number of hydrogen-bond acceptors (Lipinski definition) is 3. The Morgan fingerprint density at radius 1 is 1.53 bits per heavy atom.